The quantitative estimate of drug-likeness (QED) is 0.480. The second-order valence-electron chi connectivity index (χ2n) is 3.44. The molecular weight excluding hydrogens is 164 g/mol. The van der Waals surface area contributed by atoms with Crippen LogP contribution in [0.3, 0.4) is 0 Å². The van der Waals surface area contributed by atoms with Gasteiger partial charge in [-0.3, -0.25) is 4.99 Å². The van der Waals surface area contributed by atoms with Crippen LogP contribution in [-0.4, -0.2) is 44.1 Å². The van der Waals surface area contributed by atoms with Crippen LogP contribution in [0.4, 0.5) is 0 Å². The van der Waals surface area contributed by atoms with Crippen LogP contribution in [0.1, 0.15) is 19.3 Å². The van der Waals surface area contributed by atoms with E-state index in [1.165, 1.54) is 32.4 Å². The molecule has 0 aromatic rings. The van der Waals surface area contributed by atoms with Crippen molar-refractivity contribution >= 4 is 5.96 Å². The van der Waals surface area contributed by atoms with Gasteiger partial charge in [-0.1, -0.05) is 6.42 Å². The molecule has 0 unspecified atom stereocenters. The Morgan fingerprint density at radius 3 is 2.69 bits per heavy atom. The molecular formula is C9H20N4. The van der Waals surface area contributed by atoms with Gasteiger partial charge in [-0.25, -0.2) is 0 Å². The van der Waals surface area contributed by atoms with E-state index in [9.17, 15) is 0 Å². The van der Waals surface area contributed by atoms with Crippen molar-refractivity contribution in [3.8, 4) is 0 Å². The molecule has 1 rings (SSSR count). The Hall–Kier alpha value is -0.770. The molecule has 0 bridgehead atoms. The Bertz CT molecular complexity index is 161. The van der Waals surface area contributed by atoms with E-state index in [0.717, 1.165) is 13.1 Å². The average molecular weight is 184 g/mol. The lowest BCUT2D eigenvalue weighted by Crippen LogP contribution is -2.40. The molecule has 0 aromatic carbocycles. The standard InChI is InChI=1S/C9H20N4/c1-11-9(10)12-5-8-13-6-3-2-4-7-13/h2-8H2,1H3,(H3,10,11,12). The van der Waals surface area contributed by atoms with Crippen LogP contribution in [0.25, 0.3) is 0 Å². The fourth-order valence-corrected chi connectivity index (χ4v) is 1.60. The van der Waals surface area contributed by atoms with E-state index >= 15 is 0 Å². The summed E-state index contributed by atoms with van der Waals surface area (Å²) in [4.78, 5) is 6.31. The lowest BCUT2D eigenvalue weighted by molar-refractivity contribution is 0.232. The summed E-state index contributed by atoms with van der Waals surface area (Å²) < 4.78 is 0. The van der Waals surface area contributed by atoms with E-state index < -0.39 is 0 Å². The molecule has 0 saturated carbocycles. The summed E-state index contributed by atoms with van der Waals surface area (Å²) in [6, 6.07) is 0. The smallest absolute Gasteiger partial charge is 0.188 e. The molecule has 13 heavy (non-hydrogen) atoms. The maximum Gasteiger partial charge on any atom is 0.188 e. The molecule has 1 saturated heterocycles. The summed E-state index contributed by atoms with van der Waals surface area (Å²) in [6.45, 7) is 4.47. The molecule has 1 fully saturated rings. The fraction of sp³-hybridized carbons (Fsp3) is 0.889. The van der Waals surface area contributed by atoms with E-state index in [0.29, 0.717) is 5.96 Å². The van der Waals surface area contributed by atoms with Crippen LogP contribution in [0.15, 0.2) is 4.99 Å². The van der Waals surface area contributed by atoms with Crippen molar-refractivity contribution in [2.24, 2.45) is 10.7 Å². The van der Waals surface area contributed by atoms with Crippen LogP contribution < -0.4 is 11.1 Å². The third-order valence-corrected chi connectivity index (χ3v) is 2.42. The summed E-state index contributed by atoms with van der Waals surface area (Å²) in [5.74, 6) is 0.539. The molecule has 0 aromatic heterocycles. The first-order valence-corrected chi connectivity index (χ1v) is 5.01. The number of hydrogen-bond acceptors (Lipinski definition) is 2. The van der Waals surface area contributed by atoms with Crippen molar-refractivity contribution in [2.45, 2.75) is 19.3 Å². The van der Waals surface area contributed by atoms with Gasteiger partial charge in [0.2, 0.25) is 0 Å². The fourth-order valence-electron chi connectivity index (χ4n) is 1.60. The van der Waals surface area contributed by atoms with Gasteiger partial charge in [-0.2, -0.15) is 0 Å². The van der Waals surface area contributed by atoms with Crippen molar-refractivity contribution in [1.82, 2.24) is 10.2 Å². The number of aliphatic imine (C=N–C) groups is 1. The number of hydrogen-bond donors (Lipinski definition) is 2. The topological polar surface area (TPSA) is 53.6 Å². The average Bonchev–Trinajstić information content (AvgIpc) is 2.19. The third kappa shape index (κ3) is 4.12. The van der Waals surface area contributed by atoms with Gasteiger partial charge >= 0.3 is 0 Å². The number of nitrogens with one attached hydrogen (secondary N) is 1. The van der Waals surface area contributed by atoms with Gasteiger partial charge in [0.15, 0.2) is 5.96 Å². The number of guanidine groups is 1. The Morgan fingerprint density at radius 1 is 1.38 bits per heavy atom. The van der Waals surface area contributed by atoms with Gasteiger partial charge in [-0.15, -0.1) is 0 Å². The number of nitrogens with zero attached hydrogens (tertiary/aromatic N) is 2. The van der Waals surface area contributed by atoms with E-state index in [2.05, 4.69) is 15.2 Å². The first-order chi connectivity index (χ1) is 6.33. The minimum absolute atomic E-state index is 0.539. The summed E-state index contributed by atoms with van der Waals surface area (Å²) in [6.07, 6.45) is 4.08. The first kappa shape index (κ1) is 10.3. The van der Waals surface area contributed by atoms with Gasteiger partial charge in [0.05, 0.1) is 0 Å². The van der Waals surface area contributed by atoms with Gasteiger partial charge in [0.25, 0.3) is 0 Å². The zero-order valence-electron chi connectivity index (χ0n) is 8.42. The SMILES string of the molecule is CN=C(N)NCCN1CCCCC1. The maximum atomic E-state index is 5.51. The molecule has 4 heteroatoms. The minimum atomic E-state index is 0.539. The Labute approximate surface area is 80.2 Å². The molecule has 4 nitrogen and oxygen atoms in total. The normalized spacial score (nSPS) is 20.2. The monoisotopic (exact) mass is 184 g/mol. The van der Waals surface area contributed by atoms with Crippen LogP contribution in [-0.2, 0) is 0 Å². The van der Waals surface area contributed by atoms with Crippen molar-refractivity contribution in [1.29, 1.82) is 0 Å². The van der Waals surface area contributed by atoms with Crippen molar-refractivity contribution < 1.29 is 0 Å². The lowest BCUT2D eigenvalue weighted by atomic mass is 10.1. The molecule has 0 aliphatic carbocycles. The molecule has 1 heterocycles. The molecule has 3 N–H and O–H groups in total. The van der Waals surface area contributed by atoms with E-state index in [4.69, 9.17) is 5.73 Å². The van der Waals surface area contributed by atoms with Gasteiger partial charge in [0, 0.05) is 20.1 Å². The molecule has 0 amide bonds. The van der Waals surface area contributed by atoms with Crippen LogP contribution >= 0.6 is 0 Å². The predicted molar refractivity (Wildman–Crippen MR) is 55.8 cm³/mol. The highest BCUT2D eigenvalue weighted by atomic mass is 15.2. The van der Waals surface area contributed by atoms with Crippen molar-refractivity contribution in [3.05, 3.63) is 0 Å². The van der Waals surface area contributed by atoms with Crippen LogP contribution in [0.5, 0.6) is 0 Å². The first-order valence-electron chi connectivity index (χ1n) is 5.01. The number of rotatable bonds is 3. The van der Waals surface area contributed by atoms with Crippen LogP contribution in [0.2, 0.25) is 0 Å². The van der Waals surface area contributed by atoms with E-state index in [1.54, 1.807) is 7.05 Å². The van der Waals surface area contributed by atoms with Gasteiger partial charge in [0.1, 0.15) is 0 Å². The summed E-state index contributed by atoms with van der Waals surface area (Å²) in [5.41, 5.74) is 5.51. The summed E-state index contributed by atoms with van der Waals surface area (Å²) in [7, 11) is 1.70. The zero-order valence-corrected chi connectivity index (χ0v) is 8.42. The Balaban J connectivity index is 2.04. The third-order valence-electron chi connectivity index (χ3n) is 2.42. The highest BCUT2D eigenvalue weighted by Crippen LogP contribution is 2.06. The summed E-state index contributed by atoms with van der Waals surface area (Å²) in [5, 5.41) is 3.07. The largest absolute Gasteiger partial charge is 0.370 e. The van der Waals surface area contributed by atoms with Crippen molar-refractivity contribution in [2.75, 3.05) is 33.2 Å². The molecule has 0 radical (unpaired) electrons. The number of piperidine rings is 1. The van der Waals surface area contributed by atoms with Crippen LogP contribution in [0, 0.1) is 0 Å². The molecule has 0 spiro atoms. The molecule has 76 valence electrons. The van der Waals surface area contributed by atoms with E-state index in [-0.39, 0.29) is 0 Å². The minimum Gasteiger partial charge on any atom is -0.370 e. The second kappa shape index (κ2) is 5.80. The Morgan fingerprint density at radius 2 is 2.08 bits per heavy atom. The zero-order chi connectivity index (χ0) is 9.52. The summed E-state index contributed by atoms with van der Waals surface area (Å²) >= 11 is 0. The number of likely N-dealkylation sites (tertiary alicyclic amines) is 1. The molecule has 1 aliphatic heterocycles. The Kier molecular flexibility index (Phi) is 4.60. The number of nitrogens with two attached hydrogens (primary N) is 1. The van der Waals surface area contributed by atoms with Gasteiger partial charge in [-0.05, 0) is 25.9 Å². The highest BCUT2D eigenvalue weighted by molar-refractivity contribution is 5.77. The maximum absolute atomic E-state index is 5.51. The molecule has 1 aliphatic rings. The molecule has 0 atom stereocenters. The van der Waals surface area contributed by atoms with Gasteiger partial charge < -0.3 is 16.0 Å². The predicted octanol–water partition coefficient (Wildman–Crippen LogP) is 0.00640. The second-order valence-corrected chi connectivity index (χ2v) is 3.44. The highest BCUT2D eigenvalue weighted by Gasteiger charge is 2.08. The van der Waals surface area contributed by atoms with E-state index in [1.807, 2.05) is 0 Å². The lowest BCUT2D eigenvalue weighted by Gasteiger charge is -2.26. The van der Waals surface area contributed by atoms with Crippen molar-refractivity contribution in [3.63, 3.8) is 0 Å².